The number of carbonyl (C=O) groups excluding carboxylic acids is 1. The number of nitrogens with zero attached hydrogens (tertiary/aromatic N) is 1. The number of amides is 1. The first-order chi connectivity index (χ1) is 7.90. The van der Waals surface area contributed by atoms with E-state index in [0.717, 1.165) is 0 Å². The third kappa shape index (κ3) is 4.12. The number of aromatic nitrogens is 1. The molecule has 0 saturated carbocycles. The molecule has 0 aliphatic heterocycles. The molecule has 1 aromatic heterocycles. The summed E-state index contributed by atoms with van der Waals surface area (Å²) in [4.78, 5) is 26.0. The van der Waals surface area contributed by atoms with Crippen molar-refractivity contribution in [3.05, 3.63) is 11.1 Å². The number of anilines is 1. The van der Waals surface area contributed by atoms with Gasteiger partial charge in [-0.3, -0.25) is 9.59 Å². The molecule has 1 atom stereocenters. The summed E-state index contributed by atoms with van der Waals surface area (Å²) in [7, 11) is 0. The maximum atomic E-state index is 11.6. The van der Waals surface area contributed by atoms with Gasteiger partial charge in [-0.15, -0.1) is 11.3 Å². The van der Waals surface area contributed by atoms with Crippen LogP contribution in [0.2, 0.25) is 0 Å². The second kappa shape index (κ2) is 5.74. The topological polar surface area (TPSA) is 105 Å². The van der Waals surface area contributed by atoms with E-state index in [0.29, 0.717) is 10.8 Å². The van der Waals surface area contributed by atoms with E-state index in [1.54, 1.807) is 5.38 Å². The van der Waals surface area contributed by atoms with Crippen molar-refractivity contribution in [2.24, 2.45) is 11.7 Å². The molecule has 7 heteroatoms. The van der Waals surface area contributed by atoms with Crippen molar-refractivity contribution in [3.63, 3.8) is 0 Å². The molecule has 0 unspecified atom stereocenters. The van der Waals surface area contributed by atoms with E-state index in [4.69, 9.17) is 10.8 Å². The molecule has 0 saturated heterocycles. The predicted octanol–water partition coefficient (Wildman–Crippen LogP) is 0.692. The second-order valence-electron chi connectivity index (χ2n) is 3.97. The van der Waals surface area contributed by atoms with Gasteiger partial charge < -0.3 is 16.2 Å². The Bertz CT molecular complexity index is 417. The Labute approximate surface area is 103 Å². The predicted molar refractivity (Wildman–Crippen MR) is 64.9 cm³/mol. The van der Waals surface area contributed by atoms with Crippen LogP contribution in [0.25, 0.3) is 0 Å². The van der Waals surface area contributed by atoms with Crippen molar-refractivity contribution in [2.45, 2.75) is 26.3 Å². The van der Waals surface area contributed by atoms with Crippen molar-refractivity contribution >= 4 is 28.3 Å². The number of rotatable bonds is 5. The number of aliphatic carboxylic acids is 1. The molecule has 1 rings (SSSR count). The quantitative estimate of drug-likeness (QED) is 0.719. The van der Waals surface area contributed by atoms with Gasteiger partial charge in [0.2, 0.25) is 5.91 Å². The molecule has 0 radical (unpaired) electrons. The minimum absolute atomic E-state index is 0.0356. The summed E-state index contributed by atoms with van der Waals surface area (Å²) in [6, 6.07) is -0.596. The van der Waals surface area contributed by atoms with Gasteiger partial charge in [-0.1, -0.05) is 13.8 Å². The first-order valence-corrected chi connectivity index (χ1v) is 6.00. The van der Waals surface area contributed by atoms with Crippen LogP contribution in [0, 0.1) is 5.92 Å². The Kier molecular flexibility index (Phi) is 4.59. The molecule has 1 heterocycles. The van der Waals surface area contributed by atoms with Gasteiger partial charge in [-0.2, -0.15) is 0 Å². The summed E-state index contributed by atoms with van der Waals surface area (Å²) in [6.07, 6.45) is -0.150. The first kappa shape index (κ1) is 13.6. The van der Waals surface area contributed by atoms with Gasteiger partial charge >= 0.3 is 5.97 Å². The minimum atomic E-state index is -0.952. The van der Waals surface area contributed by atoms with Crippen molar-refractivity contribution in [2.75, 3.05) is 5.32 Å². The number of carboxylic acid groups (broad SMARTS) is 1. The van der Waals surface area contributed by atoms with Crippen LogP contribution in [0.15, 0.2) is 5.38 Å². The van der Waals surface area contributed by atoms with Gasteiger partial charge in [0.1, 0.15) is 0 Å². The lowest BCUT2D eigenvalue weighted by molar-refractivity contribution is -0.136. The van der Waals surface area contributed by atoms with Gasteiger partial charge in [0.05, 0.1) is 18.2 Å². The van der Waals surface area contributed by atoms with Gasteiger partial charge in [-0.05, 0) is 5.92 Å². The van der Waals surface area contributed by atoms with Crippen molar-refractivity contribution in [1.29, 1.82) is 0 Å². The van der Waals surface area contributed by atoms with Crippen LogP contribution < -0.4 is 11.1 Å². The molecule has 0 aliphatic rings. The van der Waals surface area contributed by atoms with Crippen LogP contribution in [0.5, 0.6) is 0 Å². The van der Waals surface area contributed by atoms with E-state index in [1.165, 1.54) is 11.3 Å². The highest BCUT2D eigenvalue weighted by Crippen LogP contribution is 2.16. The van der Waals surface area contributed by atoms with E-state index in [9.17, 15) is 9.59 Å². The fraction of sp³-hybridized carbons (Fsp3) is 0.500. The van der Waals surface area contributed by atoms with E-state index in [2.05, 4.69) is 10.3 Å². The highest BCUT2D eigenvalue weighted by atomic mass is 32.1. The van der Waals surface area contributed by atoms with Gasteiger partial charge in [0.25, 0.3) is 0 Å². The molecule has 0 fully saturated rings. The fourth-order valence-electron chi connectivity index (χ4n) is 1.09. The largest absolute Gasteiger partial charge is 0.481 e. The molecule has 17 heavy (non-hydrogen) atoms. The maximum Gasteiger partial charge on any atom is 0.309 e. The van der Waals surface area contributed by atoms with Crippen LogP contribution in [0.4, 0.5) is 5.13 Å². The highest BCUT2D eigenvalue weighted by Gasteiger charge is 2.18. The van der Waals surface area contributed by atoms with Crippen molar-refractivity contribution in [3.8, 4) is 0 Å². The Morgan fingerprint density at radius 2 is 2.24 bits per heavy atom. The van der Waals surface area contributed by atoms with Gasteiger partial charge in [-0.25, -0.2) is 4.98 Å². The zero-order valence-electron chi connectivity index (χ0n) is 9.64. The number of carboxylic acids is 1. The SMILES string of the molecule is CC(C)[C@H](N)C(=O)Nc1nc(CC(=O)O)cs1. The summed E-state index contributed by atoms with van der Waals surface area (Å²) in [5.41, 5.74) is 6.09. The van der Waals surface area contributed by atoms with Crippen LogP contribution >= 0.6 is 11.3 Å². The zero-order chi connectivity index (χ0) is 13.0. The molecule has 1 aromatic rings. The molecular weight excluding hydrogens is 242 g/mol. The summed E-state index contributed by atoms with van der Waals surface area (Å²) in [5.74, 6) is -1.23. The number of hydrogen-bond donors (Lipinski definition) is 3. The molecule has 0 aliphatic carbocycles. The Morgan fingerprint density at radius 1 is 1.59 bits per heavy atom. The van der Waals surface area contributed by atoms with E-state index >= 15 is 0 Å². The van der Waals surface area contributed by atoms with Crippen LogP contribution in [0.1, 0.15) is 19.5 Å². The number of thiazole rings is 1. The van der Waals surface area contributed by atoms with Gasteiger partial charge in [0, 0.05) is 5.38 Å². The lowest BCUT2D eigenvalue weighted by atomic mass is 10.1. The lowest BCUT2D eigenvalue weighted by Gasteiger charge is -2.13. The van der Waals surface area contributed by atoms with Crippen LogP contribution in [-0.2, 0) is 16.0 Å². The average molecular weight is 257 g/mol. The third-order valence-corrected chi connectivity index (χ3v) is 2.94. The molecule has 6 nitrogen and oxygen atoms in total. The van der Waals surface area contributed by atoms with Crippen LogP contribution in [-0.4, -0.2) is 28.0 Å². The molecule has 4 N–H and O–H groups in total. The normalized spacial score (nSPS) is 12.5. The lowest BCUT2D eigenvalue weighted by Crippen LogP contribution is -2.39. The Hall–Kier alpha value is -1.47. The summed E-state index contributed by atoms with van der Waals surface area (Å²) < 4.78 is 0. The van der Waals surface area contributed by atoms with Crippen molar-refractivity contribution < 1.29 is 14.7 Å². The number of carbonyl (C=O) groups is 2. The summed E-state index contributed by atoms with van der Waals surface area (Å²) in [5, 5.41) is 13.1. The zero-order valence-corrected chi connectivity index (χ0v) is 10.5. The molecular formula is C10H15N3O3S. The van der Waals surface area contributed by atoms with E-state index < -0.39 is 12.0 Å². The number of nitrogens with two attached hydrogens (primary N) is 1. The van der Waals surface area contributed by atoms with Crippen LogP contribution in [0.3, 0.4) is 0 Å². The molecule has 0 spiro atoms. The minimum Gasteiger partial charge on any atom is -0.481 e. The van der Waals surface area contributed by atoms with Crippen molar-refractivity contribution in [1.82, 2.24) is 4.98 Å². The molecule has 1 amide bonds. The Balaban J connectivity index is 2.60. The average Bonchev–Trinajstić information content (AvgIpc) is 2.63. The third-order valence-electron chi connectivity index (χ3n) is 2.14. The Morgan fingerprint density at radius 3 is 2.76 bits per heavy atom. The smallest absolute Gasteiger partial charge is 0.309 e. The highest BCUT2D eigenvalue weighted by molar-refractivity contribution is 7.13. The number of nitrogens with one attached hydrogen (secondary N) is 1. The van der Waals surface area contributed by atoms with E-state index in [-0.39, 0.29) is 18.2 Å². The molecule has 94 valence electrons. The van der Waals surface area contributed by atoms with E-state index in [1.807, 2.05) is 13.8 Å². The summed E-state index contributed by atoms with van der Waals surface area (Å²) in [6.45, 7) is 3.70. The standard InChI is InChI=1S/C10H15N3O3S/c1-5(2)8(11)9(16)13-10-12-6(4-17-10)3-7(14)15/h4-5,8H,3,11H2,1-2H3,(H,14,15)(H,12,13,16)/t8-/m0/s1. The maximum absolute atomic E-state index is 11.6. The number of hydrogen-bond acceptors (Lipinski definition) is 5. The molecule has 0 bridgehead atoms. The second-order valence-corrected chi connectivity index (χ2v) is 4.83. The summed E-state index contributed by atoms with van der Waals surface area (Å²) >= 11 is 1.19. The fourth-order valence-corrected chi connectivity index (χ4v) is 1.81. The van der Waals surface area contributed by atoms with Gasteiger partial charge in [0.15, 0.2) is 5.13 Å². The first-order valence-electron chi connectivity index (χ1n) is 5.12. The molecule has 0 aromatic carbocycles. The monoisotopic (exact) mass is 257 g/mol.